The third kappa shape index (κ3) is 4.46. The monoisotopic (exact) mass is 299 g/mol. The maximum atomic E-state index is 12.2. The van der Waals surface area contributed by atoms with Crippen LogP contribution in [-0.4, -0.2) is 49.4 Å². The standard InChI is InChI=1S/C15H25NO5/c1-10(13(17)20-6)12(19-5)11-8-7-9-16(11)14(18)21-15(2,3)4/h8,10,12H,7,9H2,1-6H3/t10-,12-/m1/s1. The molecule has 0 bridgehead atoms. The summed E-state index contributed by atoms with van der Waals surface area (Å²) in [6.07, 6.45) is 1.65. The summed E-state index contributed by atoms with van der Waals surface area (Å²) in [4.78, 5) is 25.5. The molecule has 0 unspecified atom stereocenters. The molecule has 1 amide bonds. The molecule has 1 aliphatic rings. The molecule has 0 aromatic carbocycles. The van der Waals surface area contributed by atoms with Crippen LogP contribution >= 0.6 is 0 Å². The summed E-state index contributed by atoms with van der Waals surface area (Å²) in [7, 11) is 2.84. The molecule has 0 fully saturated rings. The highest BCUT2D eigenvalue weighted by atomic mass is 16.6. The molecular weight excluding hydrogens is 274 g/mol. The Kier molecular flexibility index (Phi) is 5.78. The Labute approximate surface area is 126 Å². The van der Waals surface area contributed by atoms with Crippen LogP contribution < -0.4 is 0 Å². The number of hydrogen-bond acceptors (Lipinski definition) is 5. The smallest absolute Gasteiger partial charge is 0.414 e. The highest BCUT2D eigenvalue weighted by Crippen LogP contribution is 2.27. The Morgan fingerprint density at radius 2 is 1.90 bits per heavy atom. The highest BCUT2D eigenvalue weighted by Gasteiger charge is 2.36. The second kappa shape index (κ2) is 6.93. The Morgan fingerprint density at radius 3 is 2.38 bits per heavy atom. The van der Waals surface area contributed by atoms with Crippen molar-refractivity contribution in [1.29, 1.82) is 0 Å². The lowest BCUT2D eigenvalue weighted by Gasteiger charge is -2.30. The molecule has 0 radical (unpaired) electrons. The number of methoxy groups -OCH3 is 2. The third-order valence-electron chi connectivity index (χ3n) is 3.20. The first-order chi connectivity index (χ1) is 9.71. The van der Waals surface area contributed by atoms with E-state index in [4.69, 9.17) is 14.2 Å². The fourth-order valence-corrected chi connectivity index (χ4v) is 2.25. The molecule has 0 aliphatic carbocycles. The predicted molar refractivity (Wildman–Crippen MR) is 77.6 cm³/mol. The summed E-state index contributed by atoms with van der Waals surface area (Å²) in [5.74, 6) is -0.881. The van der Waals surface area contributed by atoms with Crippen LogP contribution in [0.4, 0.5) is 4.79 Å². The zero-order valence-corrected chi connectivity index (χ0v) is 13.6. The van der Waals surface area contributed by atoms with Gasteiger partial charge in [-0.2, -0.15) is 0 Å². The van der Waals surface area contributed by atoms with Crippen LogP contribution in [0.2, 0.25) is 0 Å². The van der Waals surface area contributed by atoms with Gasteiger partial charge in [-0.3, -0.25) is 9.69 Å². The molecule has 21 heavy (non-hydrogen) atoms. The minimum atomic E-state index is -0.568. The topological polar surface area (TPSA) is 65.1 Å². The number of carbonyl (C=O) groups is 2. The molecule has 1 aliphatic heterocycles. The SMILES string of the molecule is COC(=O)[C@H](C)[C@@H](OC)C1=CCCN1C(=O)OC(C)(C)C. The summed E-state index contributed by atoms with van der Waals surface area (Å²) >= 11 is 0. The first-order valence-electron chi connectivity index (χ1n) is 7.02. The van der Waals surface area contributed by atoms with Crippen LogP contribution in [0.5, 0.6) is 0 Å². The molecule has 6 nitrogen and oxygen atoms in total. The second-order valence-corrected chi connectivity index (χ2v) is 6.02. The molecule has 0 saturated heterocycles. The van der Waals surface area contributed by atoms with E-state index in [-0.39, 0.29) is 5.97 Å². The molecule has 0 aromatic heterocycles. The summed E-state index contributed by atoms with van der Waals surface area (Å²) in [6.45, 7) is 7.68. The van der Waals surface area contributed by atoms with E-state index in [2.05, 4.69) is 0 Å². The van der Waals surface area contributed by atoms with Gasteiger partial charge in [-0.05, 0) is 34.1 Å². The highest BCUT2D eigenvalue weighted by molar-refractivity contribution is 5.75. The van der Waals surface area contributed by atoms with Crippen LogP contribution in [-0.2, 0) is 19.0 Å². The van der Waals surface area contributed by atoms with Crippen molar-refractivity contribution >= 4 is 12.1 Å². The number of esters is 1. The van der Waals surface area contributed by atoms with Crippen molar-refractivity contribution < 1.29 is 23.8 Å². The van der Waals surface area contributed by atoms with Crippen LogP contribution in [0, 0.1) is 5.92 Å². The molecule has 6 heteroatoms. The molecule has 0 spiro atoms. The summed E-state index contributed by atoms with van der Waals surface area (Å²) in [5, 5.41) is 0. The number of hydrogen-bond donors (Lipinski definition) is 0. The quantitative estimate of drug-likeness (QED) is 0.745. The molecule has 0 saturated carbocycles. The van der Waals surface area contributed by atoms with E-state index in [0.29, 0.717) is 18.7 Å². The van der Waals surface area contributed by atoms with Gasteiger partial charge in [0.15, 0.2) is 0 Å². The zero-order valence-electron chi connectivity index (χ0n) is 13.6. The van der Waals surface area contributed by atoms with Crippen molar-refractivity contribution in [2.45, 2.75) is 45.8 Å². The maximum absolute atomic E-state index is 12.2. The Balaban J connectivity index is 2.88. The van der Waals surface area contributed by atoms with E-state index >= 15 is 0 Å². The van der Waals surface area contributed by atoms with Crippen molar-refractivity contribution in [2.75, 3.05) is 20.8 Å². The Hall–Kier alpha value is -1.56. The van der Waals surface area contributed by atoms with Gasteiger partial charge in [-0.15, -0.1) is 0 Å². The number of nitrogens with zero attached hydrogens (tertiary/aromatic N) is 1. The van der Waals surface area contributed by atoms with Gasteiger partial charge in [0.25, 0.3) is 0 Å². The van der Waals surface area contributed by atoms with Crippen LogP contribution in [0.3, 0.4) is 0 Å². The van der Waals surface area contributed by atoms with Gasteiger partial charge < -0.3 is 14.2 Å². The van der Waals surface area contributed by atoms with E-state index in [1.165, 1.54) is 19.1 Å². The molecule has 0 aromatic rings. The molecule has 1 heterocycles. The second-order valence-electron chi connectivity index (χ2n) is 6.02. The van der Waals surface area contributed by atoms with Gasteiger partial charge >= 0.3 is 12.1 Å². The minimum absolute atomic E-state index is 0.376. The first-order valence-corrected chi connectivity index (χ1v) is 7.02. The average Bonchev–Trinajstić information content (AvgIpc) is 2.85. The van der Waals surface area contributed by atoms with Crippen LogP contribution in [0.25, 0.3) is 0 Å². The van der Waals surface area contributed by atoms with Crippen molar-refractivity contribution in [3.63, 3.8) is 0 Å². The van der Waals surface area contributed by atoms with Gasteiger partial charge in [-0.1, -0.05) is 6.08 Å². The van der Waals surface area contributed by atoms with Gasteiger partial charge in [0, 0.05) is 19.4 Å². The van der Waals surface area contributed by atoms with Crippen molar-refractivity contribution in [3.05, 3.63) is 11.8 Å². The molecule has 1 rings (SSSR count). The van der Waals surface area contributed by atoms with E-state index in [1.54, 1.807) is 6.92 Å². The minimum Gasteiger partial charge on any atom is -0.469 e. The number of ether oxygens (including phenoxy) is 3. The summed E-state index contributed by atoms with van der Waals surface area (Å²) in [6, 6.07) is 0. The van der Waals surface area contributed by atoms with Crippen molar-refractivity contribution in [3.8, 4) is 0 Å². The van der Waals surface area contributed by atoms with Gasteiger partial charge in [0.1, 0.15) is 11.7 Å². The Morgan fingerprint density at radius 1 is 1.29 bits per heavy atom. The van der Waals surface area contributed by atoms with Crippen molar-refractivity contribution in [1.82, 2.24) is 4.90 Å². The number of carbonyl (C=O) groups excluding carboxylic acids is 2. The largest absolute Gasteiger partial charge is 0.469 e. The van der Waals surface area contributed by atoms with Crippen LogP contribution in [0.1, 0.15) is 34.1 Å². The predicted octanol–water partition coefficient (Wildman–Crippen LogP) is 2.34. The molecule has 120 valence electrons. The first kappa shape index (κ1) is 17.5. The fraction of sp³-hybridized carbons (Fsp3) is 0.733. The fourth-order valence-electron chi connectivity index (χ4n) is 2.25. The molecular formula is C15H25NO5. The normalized spacial score (nSPS) is 18.0. The maximum Gasteiger partial charge on any atom is 0.414 e. The van der Waals surface area contributed by atoms with Gasteiger partial charge in [0.05, 0.1) is 13.0 Å². The summed E-state index contributed by atoms with van der Waals surface area (Å²) in [5.41, 5.74) is 0.0889. The Bertz CT molecular complexity index is 424. The number of amides is 1. The van der Waals surface area contributed by atoms with Crippen LogP contribution in [0.15, 0.2) is 11.8 Å². The lowest BCUT2D eigenvalue weighted by molar-refractivity contribution is -0.148. The van der Waals surface area contributed by atoms with E-state index in [1.807, 2.05) is 26.8 Å². The number of rotatable bonds is 4. The summed E-state index contributed by atoms with van der Waals surface area (Å²) < 4.78 is 15.5. The third-order valence-corrected chi connectivity index (χ3v) is 3.20. The zero-order chi connectivity index (χ0) is 16.2. The van der Waals surface area contributed by atoms with E-state index in [0.717, 1.165) is 0 Å². The van der Waals surface area contributed by atoms with Crippen molar-refractivity contribution in [2.24, 2.45) is 5.92 Å². The van der Waals surface area contributed by atoms with E-state index in [9.17, 15) is 9.59 Å². The van der Waals surface area contributed by atoms with Gasteiger partial charge in [0.2, 0.25) is 0 Å². The molecule has 0 N–H and O–H groups in total. The van der Waals surface area contributed by atoms with E-state index < -0.39 is 23.7 Å². The lowest BCUT2D eigenvalue weighted by Crippen LogP contribution is -2.41. The molecule has 2 atom stereocenters. The lowest BCUT2D eigenvalue weighted by atomic mass is 10.0. The van der Waals surface area contributed by atoms with Gasteiger partial charge in [-0.25, -0.2) is 4.79 Å². The average molecular weight is 299 g/mol.